The van der Waals surface area contributed by atoms with Crippen LogP contribution in [0.2, 0.25) is 0 Å². The predicted molar refractivity (Wildman–Crippen MR) is 136 cm³/mol. The lowest BCUT2D eigenvalue weighted by atomic mass is 10.0. The van der Waals surface area contributed by atoms with Gasteiger partial charge in [0.05, 0.1) is 25.4 Å². The maximum absolute atomic E-state index is 13.9. The van der Waals surface area contributed by atoms with E-state index >= 15 is 0 Å². The molecule has 0 saturated heterocycles. The first kappa shape index (κ1) is 23.1. The van der Waals surface area contributed by atoms with Crippen molar-refractivity contribution in [3.8, 4) is 34.3 Å². The standard InChI is InChI=1S/C29H25FN2O5/c1-34-22-8-9-25(35-2)23(13-22)28-19(10-18-12-26-27(37-16-36-26)14-24(18)31-28)15-32(21-6-7-21)29(33)17-4-3-5-20(30)11-17/h3-5,8-14,21H,6-7,15-16H2,1-2H3. The highest BCUT2D eigenvalue weighted by molar-refractivity contribution is 5.95. The number of rotatable bonds is 7. The Labute approximate surface area is 213 Å². The molecule has 1 fully saturated rings. The van der Waals surface area contributed by atoms with Gasteiger partial charge in [0, 0.05) is 35.2 Å². The summed E-state index contributed by atoms with van der Waals surface area (Å²) in [5, 5.41) is 0.860. The van der Waals surface area contributed by atoms with Crippen molar-refractivity contribution < 1.29 is 28.1 Å². The van der Waals surface area contributed by atoms with Crippen molar-refractivity contribution in [1.29, 1.82) is 0 Å². The third kappa shape index (κ3) is 4.39. The lowest BCUT2D eigenvalue weighted by Gasteiger charge is -2.24. The van der Waals surface area contributed by atoms with Crippen molar-refractivity contribution >= 4 is 16.8 Å². The van der Waals surface area contributed by atoms with Crippen LogP contribution in [0.5, 0.6) is 23.0 Å². The first-order valence-electron chi connectivity index (χ1n) is 12.1. The van der Waals surface area contributed by atoms with Crippen LogP contribution >= 0.6 is 0 Å². The lowest BCUT2D eigenvalue weighted by Crippen LogP contribution is -2.33. The Balaban J connectivity index is 1.50. The molecule has 2 aliphatic rings. The number of fused-ring (bicyclic) bond motifs is 2. The highest BCUT2D eigenvalue weighted by Gasteiger charge is 2.34. The Morgan fingerprint density at radius 2 is 1.84 bits per heavy atom. The number of pyridine rings is 1. The van der Waals surface area contributed by atoms with Gasteiger partial charge in [0.2, 0.25) is 6.79 Å². The Kier molecular flexibility index (Phi) is 5.79. The maximum atomic E-state index is 13.9. The van der Waals surface area contributed by atoms with Gasteiger partial charge in [-0.3, -0.25) is 4.79 Å². The molecule has 7 nitrogen and oxygen atoms in total. The van der Waals surface area contributed by atoms with Crippen LogP contribution in [0, 0.1) is 5.82 Å². The van der Waals surface area contributed by atoms with Gasteiger partial charge in [-0.05, 0) is 66.9 Å². The molecule has 4 aromatic rings. The molecular formula is C29H25FN2O5. The largest absolute Gasteiger partial charge is 0.497 e. The summed E-state index contributed by atoms with van der Waals surface area (Å²) in [6.07, 6.45) is 1.80. The van der Waals surface area contributed by atoms with Gasteiger partial charge in [-0.15, -0.1) is 0 Å². The van der Waals surface area contributed by atoms with E-state index in [1.807, 2.05) is 36.4 Å². The number of methoxy groups -OCH3 is 2. The summed E-state index contributed by atoms with van der Waals surface area (Å²) in [7, 11) is 3.21. The summed E-state index contributed by atoms with van der Waals surface area (Å²) in [4.78, 5) is 20.4. The molecule has 3 aromatic carbocycles. The molecule has 2 heterocycles. The molecule has 6 rings (SSSR count). The van der Waals surface area contributed by atoms with E-state index in [0.29, 0.717) is 40.8 Å². The van der Waals surface area contributed by atoms with E-state index in [-0.39, 0.29) is 18.7 Å². The van der Waals surface area contributed by atoms with Gasteiger partial charge in [0.25, 0.3) is 5.91 Å². The molecular weight excluding hydrogens is 475 g/mol. The van der Waals surface area contributed by atoms with Gasteiger partial charge >= 0.3 is 0 Å². The van der Waals surface area contributed by atoms with Crippen molar-refractivity contribution in [2.75, 3.05) is 21.0 Å². The van der Waals surface area contributed by atoms with E-state index in [1.54, 1.807) is 31.3 Å². The van der Waals surface area contributed by atoms with Crippen LogP contribution in [-0.2, 0) is 6.54 Å². The molecule has 0 atom stereocenters. The van der Waals surface area contributed by atoms with Crippen molar-refractivity contribution in [2.24, 2.45) is 0 Å². The van der Waals surface area contributed by atoms with Crippen LogP contribution in [0.3, 0.4) is 0 Å². The smallest absolute Gasteiger partial charge is 0.254 e. The van der Waals surface area contributed by atoms with Gasteiger partial charge in [-0.1, -0.05) is 6.07 Å². The molecule has 0 radical (unpaired) electrons. The summed E-state index contributed by atoms with van der Waals surface area (Å²) >= 11 is 0. The van der Waals surface area contributed by atoms with Crippen molar-refractivity contribution in [1.82, 2.24) is 9.88 Å². The summed E-state index contributed by atoms with van der Waals surface area (Å²) in [6.45, 7) is 0.458. The number of carbonyl (C=O) groups excluding carboxylic acids is 1. The molecule has 0 N–H and O–H groups in total. The fourth-order valence-corrected chi connectivity index (χ4v) is 4.68. The molecule has 0 unspecified atom stereocenters. The Morgan fingerprint density at radius 3 is 2.57 bits per heavy atom. The van der Waals surface area contributed by atoms with E-state index in [1.165, 1.54) is 12.1 Å². The average molecular weight is 501 g/mol. The van der Waals surface area contributed by atoms with Gasteiger partial charge in [-0.2, -0.15) is 0 Å². The second-order valence-corrected chi connectivity index (χ2v) is 9.14. The van der Waals surface area contributed by atoms with Crippen LogP contribution in [0.4, 0.5) is 4.39 Å². The lowest BCUT2D eigenvalue weighted by molar-refractivity contribution is 0.0729. The minimum atomic E-state index is -0.438. The predicted octanol–water partition coefficient (Wildman–Crippen LogP) is 5.59. The fraction of sp³-hybridized carbons (Fsp3) is 0.241. The number of hydrogen-bond acceptors (Lipinski definition) is 6. The number of nitrogens with zero attached hydrogens (tertiary/aromatic N) is 2. The third-order valence-corrected chi connectivity index (χ3v) is 6.71. The number of ether oxygens (including phenoxy) is 4. The molecule has 1 aromatic heterocycles. The summed E-state index contributed by atoms with van der Waals surface area (Å²) in [5.74, 6) is 1.93. The minimum Gasteiger partial charge on any atom is -0.497 e. The number of carbonyl (C=O) groups is 1. The number of aromatic nitrogens is 1. The third-order valence-electron chi connectivity index (χ3n) is 6.71. The normalized spacial score (nSPS) is 14.0. The zero-order valence-electron chi connectivity index (χ0n) is 20.5. The molecule has 1 amide bonds. The van der Waals surface area contributed by atoms with Crippen molar-refractivity contribution in [2.45, 2.75) is 25.4 Å². The van der Waals surface area contributed by atoms with E-state index in [4.69, 9.17) is 23.9 Å². The van der Waals surface area contributed by atoms with E-state index in [0.717, 1.165) is 34.9 Å². The zero-order chi connectivity index (χ0) is 25.5. The van der Waals surface area contributed by atoms with Crippen LogP contribution in [0.25, 0.3) is 22.2 Å². The zero-order valence-corrected chi connectivity index (χ0v) is 20.5. The quantitative estimate of drug-likeness (QED) is 0.329. The molecule has 37 heavy (non-hydrogen) atoms. The monoisotopic (exact) mass is 500 g/mol. The highest BCUT2D eigenvalue weighted by atomic mass is 19.1. The second kappa shape index (κ2) is 9.28. The van der Waals surface area contributed by atoms with Gasteiger partial charge in [0.15, 0.2) is 11.5 Å². The average Bonchev–Trinajstić information content (AvgIpc) is 3.66. The summed E-state index contributed by atoms with van der Waals surface area (Å²) in [6, 6.07) is 17.2. The topological polar surface area (TPSA) is 70.1 Å². The number of halogens is 1. The van der Waals surface area contributed by atoms with E-state index in [9.17, 15) is 9.18 Å². The van der Waals surface area contributed by atoms with Crippen LogP contribution < -0.4 is 18.9 Å². The van der Waals surface area contributed by atoms with E-state index in [2.05, 4.69) is 0 Å². The molecule has 188 valence electrons. The Morgan fingerprint density at radius 1 is 1.03 bits per heavy atom. The second-order valence-electron chi connectivity index (χ2n) is 9.14. The molecule has 1 saturated carbocycles. The van der Waals surface area contributed by atoms with Gasteiger partial charge in [0.1, 0.15) is 17.3 Å². The van der Waals surface area contributed by atoms with E-state index < -0.39 is 5.82 Å². The van der Waals surface area contributed by atoms with Crippen LogP contribution in [0.1, 0.15) is 28.8 Å². The minimum absolute atomic E-state index is 0.0864. The van der Waals surface area contributed by atoms with Crippen LogP contribution in [0.15, 0.2) is 60.7 Å². The van der Waals surface area contributed by atoms with Gasteiger partial charge < -0.3 is 23.8 Å². The Hall–Kier alpha value is -4.33. The molecule has 8 heteroatoms. The molecule has 1 aliphatic heterocycles. The maximum Gasteiger partial charge on any atom is 0.254 e. The van der Waals surface area contributed by atoms with Crippen molar-refractivity contribution in [3.05, 3.63) is 77.6 Å². The van der Waals surface area contributed by atoms with Gasteiger partial charge in [-0.25, -0.2) is 9.37 Å². The molecule has 0 spiro atoms. The molecule has 1 aliphatic carbocycles. The summed E-state index contributed by atoms with van der Waals surface area (Å²) < 4.78 is 36.2. The van der Waals surface area contributed by atoms with Crippen molar-refractivity contribution in [3.63, 3.8) is 0 Å². The number of benzene rings is 3. The number of amides is 1. The first-order valence-corrected chi connectivity index (χ1v) is 12.1. The molecule has 0 bridgehead atoms. The highest BCUT2D eigenvalue weighted by Crippen LogP contribution is 2.41. The fourth-order valence-electron chi connectivity index (χ4n) is 4.68. The Bertz CT molecular complexity index is 1520. The first-order chi connectivity index (χ1) is 18.0. The SMILES string of the molecule is COc1ccc(OC)c(-c2nc3cc4c(cc3cc2CN(C(=O)c2cccc(F)c2)C2CC2)OCO4)c1. The van der Waals surface area contributed by atoms with Crippen LogP contribution in [-0.4, -0.2) is 42.8 Å². The summed E-state index contributed by atoms with van der Waals surface area (Å²) in [5.41, 5.74) is 3.28. The number of hydrogen-bond donors (Lipinski definition) is 0.